The number of amides is 1. The predicted molar refractivity (Wildman–Crippen MR) is 81.4 cm³/mol. The number of nitrogens with zero attached hydrogens (tertiary/aromatic N) is 3. The van der Waals surface area contributed by atoms with Crippen LogP contribution < -0.4 is 5.32 Å². The Labute approximate surface area is 127 Å². The molecule has 0 bridgehead atoms. The van der Waals surface area contributed by atoms with Crippen LogP contribution in [0, 0.1) is 13.8 Å². The highest BCUT2D eigenvalue weighted by Crippen LogP contribution is 2.16. The fourth-order valence-corrected chi connectivity index (χ4v) is 2.03. The average molecular weight is 294 g/mol. The molecule has 0 saturated heterocycles. The summed E-state index contributed by atoms with van der Waals surface area (Å²) in [6, 6.07) is 11.3. The summed E-state index contributed by atoms with van der Waals surface area (Å²) in [6.07, 6.45) is 1.52. The molecule has 0 aliphatic rings. The Balaban J connectivity index is 1.84. The summed E-state index contributed by atoms with van der Waals surface area (Å²) in [6.45, 7) is 3.53. The van der Waals surface area contributed by atoms with Gasteiger partial charge in [-0.1, -0.05) is 35.5 Å². The first-order valence-corrected chi connectivity index (χ1v) is 6.77. The molecule has 0 saturated carbocycles. The Morgan fingerprint density at radius 3 is 2.59 bits per heavy atom. The van der Waals surface area contributed by atoms with E-state index in [0.717, 1.165) is 5.56 Å². The maximum atomic E-state index is 12.2. The van der Waals surface area contributed by atoms with E-state index in [4.69, 9.17) is 4.52 Å². The molecule has 1 N–H and O–H groups in total. The number of hydrogen-bond donors (Lipinski definition) is 1. The Bertz CT molecular complexity index is 812. The zero-order chi connectivity index (χ0) is 15.5. The Morgan fingerprint density at radius 1 is 1.18 bits per heavy atom. The van der Waals surface area contributed by atoms with Crippen LogP contribution >= 0.6 is 0 Å². The van der Waals surface area contributed by atoms with Gasteiger partial charge >= 0.3 is 0 Å². The summed E-state index contributed by atoms with van der Waals surface area (Å²) >= 11 is 0. The van der Waals surface area contributed by atoms with Crippen molar-refractivity contribution >= 4 is 11.7 Å². The van der Waals surface area contributed by atoms with E-state index in [1.54, 1.807) is 19.9 Å². The molecule has 1 amide bonds. The van der Waals surface area contributed by atoms with Gasteiger partial charge in [-0.3, -0.25) is 4.79 Å². The molecule has 0 radical (unpaired) electrons. The normalized spacial score (nSPS) is 10.5. The highest BCUT2D eigenvalue weighted by molar-refractivity contribution is 6.04. The number of carbonyl (C=O) groups excluding carboxylic acids is 1. The molecule has 22 heavy (non-hydrogen) atoms. The first-order chi connectivity index (χ1) is 10.6. The van der Waals surface area contributed by atoms with Gasteiger partial charge < -0.3 is 9.84 Å². The van der Waals surface area contributed by atoms with Gasteiger partial charge in [0, 0.05) is 17.8 Å². The number of anilines is 1. The fourth-order valence-electron chi connectivity index (χ4n) is 2.03. The number of aromatic nitrogens is 3. The Morgan fingerprint density at radius 2 is 1.95 bits per heavy atom. The molecule has 0 unspecified atom stereocenters. The van der Waals surface area contributed by atoms with Crippen LogP contribution in [0.15, 0.2) is 47.1 Å². The molecule has 0 fully saturated rings. The molecule has 3 rings (SSSR count). The molecule has 0 aliphatic heterocycles. The molecule has 3 aromatic rings. The predicted octanol–water partition coefficient (Wildman–Crippen LogP) is 3.00. The van der Waals surface area contributed by atoms with E-state index >= 15 is 0 Å². The van der Waals surface area contributed by atoms with Crippen molar-refractivity contribution < 1.29 is 9.32 Å². The lowest BCUT2D eigenvalue weighted by Crippen LogP contribution is -2.15. The Hall–Kier alpha value is -3.02. The molecule has 1 aromatic carbocycles. The first kappa shape index (κ1) is 13.9. The van der Waals surface area contributed by atoms with Crippen LogP contribution in [0.2, 0.25) is 0 Å². The fraction of sp³-hybridized carbons (Fsp3) is 0.125. The van der Waals surface area contributed by atoms with E-state index in [-0.39, 0.29) is 5.91 Å². The van der Waals surface area contributed by atoms with Crippen LogP contribution in [0.1, 0.15) is 21.8 Å². The van der Waals surface area contributed by atoms with Crippen molar-refractivity contribution in [2.45, 2.75) is 13.8 Å². The summed E-state index contributed by atoms with van der Waals surface area (Å²) < 4.78 is 4.91. The van der Waals surface area contributed by atoms with Crippen molar-refractivity contribution in [3.8, 4) is 11.4 Å². The SMILES string of the molecule is Cc1cc(NC(=O)c2cnc(-c3ccccc3)nc2C)no1. The van der Waals surface area contributed by atoms with E-state index in [2.05, 4.69) is 20.4 Å². The smallest absolute Gasteiger partial charge is 0.260 e. The highest BCUT2D eigenvalue weighted by Gasteiger charge is 2.14. The minimum atomic E-state index is -0.314. The third-order valence-electron chi connectivity index (χ3n) is 3.13. The number of carbonyl (C=O) groups is 1. The zero-order valence-electron chi connectivity index (χ0n) is 12.2. The standard InChI is InChI=1S/C16H14N4O2/c1-10-8-14(20-22-10)19-16(21)13-9-17-15(18-11(13)2)12-6-4-3-5-7-12/h3-9H,1-2H3,(H,19,20,21). The molecule has 2 aromatic heterocycles. The Kier molecular flexibility index (Phi) is 3.65. The van der Waals surface area contributed by atoms with Crippen molar-refractivity contribution in [3.63, 3.8) is 0 Å². The molecule has 6 nitrogen and oxygen atoms in total. The van der Waals surface area contributed by atoms with Gasteiger partial charge in [-0.2, -0.15) is 0 Å². The van der Waals surface area contributed by atoms with Crippen LogP contribution in [-0.4, -0.2) is 21.0 Å². The summed E-state index contributed by atoms with van der Waals surface area (Å²) in [5.74, 6) is 1.27. The molecule has 110 valence electrons. The van der Waals surface area contributed by atoms with Crippen molar-refractivity contribution in [1.29, 1.82) is 0 Å². The number of nitrogens with one attached hydrogen (secondary N) is 1. The van der Waals surface area contributed by atoms with E-state index in [1.807, 2.05) is 30.3 Å². The van der Waals surface area contributed by atoms with E-state index in [0.29, 0.717) is 28.7 Å². The monoisotopic (exact) mass is 294 g/mol. The van der Waals surface area contributed by atoms with Crippen LogP contribution in [-0.2, 0) is 0 Å². The summed E-state index contributed by atoms with van der Waals surface area (Å²) in [5.41, 5.74) is 1.91. The van der Waals surface area contributed by atoms with Crippen LogP contribution in [0.5, 0.6) is 0 Å². The lowest BCUT2D eigenvalue weighted by molar-refractivity contribution is 0.102. The van der Waals surface area contributed by atoms with Crippen molar-refractivity contribution in [2.24, 2.45) is 0 Å². The quantitative estimate of drug-likeness (QED) is 0.803. The molecule has 6 heteroatoms. The number of aryl methyl sites for hydroxylation is 2. The van der Waals surface area contributed by atoms with Gasteiger partial charge in [0.25, 0.3) is 5.91 Å². The average Bonchev–Trinajstić information content (AvgIpc) is 2.93. The van der Waals surface area contributed by atoms with Crippen LogP contribution in [0.4, 0.5) is 5.82 Å². The van der Waals surface area contributed by atoms with Crippen LogP contribution in [0.25, 0.3) is 11.4 Å². The van der Waals surface area contributed by atoms with E-state index in [1.165, 1.54) is 6.20 Å². The highest BCUT2D eigenvalue weighted by atomic mass is 16.5. The lowest BCUT2D eigenvalue weighted by Gasteiger charge is -2.06. The third kappa shape index (κ3) is 2.85. The first-order valence-electron chi connectivity index (χ1n) is 6.77. The largest absolute Gasteiger partial charge is 0.360 e. The second kappa shape index (κ2) is 5.77. The molecule has 0 aliphatic carbocycles. The van der Waals surface area contributed by atoms with Crippen molar-refractivity contribution in [1.82, 2.24) is 15.1 Å². The maximum Gasteiger partial charge on any atom is 0.260 e. The zero-order valence-corrected chi connectivity index (χ0v) is 12.2. The summed E-state index contributed by atoms with van der Waals surface area (Å²) in [7, 11) is 0. The molecule has 2 heterocycles. The minimum absolute atomic E-state index is 0.314. The van der Waals surface area contributed by atoms with Gasteiger partial charge in [-0.15, -0.1) is 0 Å². The molecule has 0 spiro atoms. The number of rotatable bonds is 3. The maximum absolute atomic E-state index is 12.2. The molecular weight excluding hydrogens is 280 g/mol. The second-order valence-corrected chi connectivity index (χ2v) is 4.84. The summed E-state index contributed by atoms with van der Waals surface area (Å²) in [4.78, 5) is 20.9. The second-order valence-electron chi connectivity index (χ2n) is 4.84. The minimum Gasteiger partial charge on any atom is -0.360 e. The van der Waals surface area contributed by atoms with Crippen molar-refractivity contribution in [2.75, 3.05) is 5.32 Å². The lowest BCUT2D eigenvalue weighted by atomic mass is 10.2. The van der Waals surface area contributed by atoms with Crippen molar-refractivity contribution in [3.05, 3.63) is 59.6 Å². The number of benzene rings is 1. The van der Waals surface area contributed by atoms with Gasteiger partial charge in [0.15, 0.2) is 11.6 Å². The topological polar surface area (TPSA) is 80.9 Å². The molecular formula is C16H14N4O2. The number of hydrogen-bond acceptors (Lipinski definition) is 5. The van der Waals surface area contributed by atoms with Gasteiger partial charge in [0.05, 0.1) is 11.3 Å². The van der Waals surface area contributed by atoms with Crippen LogP contribution in [0.3, 0.4) is 0 Å². The van der Waals surface area contributed by atoms with Gasteiger partial charge in [-0.25, -0.2) is 9.97 Å². The van der Waals surface area contributed by atoms with Gasteiger partial charge in [0.1, 0.15) is 5.76 Å². The van der Waals surface area contributed by atoms with E-state index < -0.39 is 0 Å². The summed E-state index contributed by atoms with van der Waals surface area (Å²) in [5, 5.41) is 6.38. The van der Waals surface area contributed by atoms with Gasteiger partial charge in [-0.05, 0) is 13.8 Å². The van der Waals surface area contributed by atoms with E-state index in [9.17, 15) is 4.79 Å². The third-order valence-corrected chi connectivity index (χ3v) is 3.13. The molecule has 0 atom stereocenters. The van der Waals surface area contributed by atoms with Gasteiger partial charge in [0.2, 0.25) is 0 Å².